The van der Waals surface area contributed by atoms with Crippen molar-refractivity contribution in [3.05, 3.63) is 65.7 Å². The van der Waals surface area contributed by atoms with Crippen molar-refractivity contribution in [3.63, 3.8) is 0 Å². The lowest BCUT2D eigenvalue weighted by Gasteiger charge is -2.45. The van der Waals surface area contributed by atoms with Crippen molar-refractivity contribution < 1.29 is 63.2 Å². The number of ether oxygens (including phenoxy) is 1. The maximum atomic E-state index is 14.9. The summed E-state index contributed by atoms with van der Waals surface area (Å²) in [5.41, 5.74) is 6.57. The molecule has 2 aliphatic heterocycles. The second kappa shape index (κ2) is 25.5. The molecule has 71 heavy (non-hydrogen) atoms. The number of phenolic OH excluding ortho intramolecular Hbond substituents is 1. The summed E-state index contributed by atoms with van der Waals surface area (Å²) in [7, 11) is 2.76. The summed E-state index contributed by atoms with van der Waals surface area (Å²) in [4.78, 5) is 131. The molecule has 0 aliphatic carbocycles. The number of hydrogen-bond acceptors (Lipinski definition) is 13. The number of nitrogens with zero attached hydrogens (tertiary/aromatic N) is 3. The van der Waals surface area contributed by atoms with E-state index in [1.54, 1.807) is 58.0 Å². The highest BCUT2D eigenvalue weighted by Gasteiger charge is 2.47. The summed E-state index contributed by atoms with van der Waals surface area (Å²) >= 11 is 0. The first kappa shape index (κ1) is 57.0. The van der Waals surface area contributed by atoms with E-state index < -0.39 is 126 Å². The van der Waals surface area contributed by atoms with Crippen LogP contribution in [0.15, 0.2) is 54.6 Å². The van der Waals surface area contributed by atoms with Crippen LogP contribution in [0.5, 0.6) is 5.75 Å². The lowest BCUT2D eigenvalue weighted by atomic mass is 9.93. The van der Waals surface area contributed by atoms with Gasteiger partial charge in [-0.25, -0.2) is 4.79 Å². The van der Waals surface area contributed by atoms with Gasteiger partial charge in [0.2, 0.25) is 47.3 Å². The number of nitrogens with two attached hydrogens (primary N) is 1. The number of hydrogen-bond donors (Lipinski definition) is 8. The number of carbonyl (C=O) groups is 9. The Hall–Kier alpha value is -6.61. The number of cyclic esters (lactones) is 1. The van der Waals surface area contributed by atoms with E-state index in [1.165, 1.54) is 50.2 Å². The second-order valence-electron chi connectivity index (χ2n) is 19.7. The molecule has 0 spiro atoms. The Kier molecular flexibility index (Phi) is 20.5. The number of aliphatic hydroxyl groups is 2. The standard InChI is InChI=1S/C50H72N8O13/c1-26(2)21-34-47(67)56(8)35-19-20-40(62)58(49(35)69)37(22-27(3)4)48(68)57(9)36(23-30-13-11-10-12-14-30)44(64)54-41(28(5)6)50(70)71-29(7)42(46(66)53-34)55-43(63)33(25-39(51)61)52-45(65)38(60)24-31-15-17-32(59)18-16-31/h10-18,26-29,33-38,40-42,59-60,62H,19-25H2,1-9H3,(H2,51,61)(H,52,65)(H,53,66)(H,54,64)(H,55,63)/t29-,33+,34+,35?,36+,37-,38-,40-,41+,42+/m1/s1. The van der Waals surface area contributed by atoms with Crippen molar-refractivity contribution in [1.29, 1.82) is 0 Å². The van der Waals surface area contributed by atoms with Crippen LogP contribution in [0.2, 0.25) is 0 Å². The molecule has 21 heteroatoms. The molecule has 2 fully saturated rings. The van der Waals surface area contributed by atoms with Crippen LogP contribution in [-0.4, -0.2) is 158 Å². The van der Waals surface area contributed by atoms with Gasteiger partial charge < -0.3 is 61.8 Å². The normalized spacial score (nSPS) is 25.1. The maximum absolute atomic E-state index is 14.9. The molecular weight excluding hydrogens is 921 g/mol. The van der Waals surface area contributed by atoms with Gasteiger partial charge in [-0.05, 0) is 73.6 Å². The largest absolute Gasteiger partial charge is 0.508 e. The molecule has 10 atom stereocenters. The molecule has 8 amide bonds. The summed E-state index contributed by atoms with van der Waals surface area (Å²) in [6.07, 6.45) is -5.90. The van der Waals surface area contributed by atoms with E-state index in [0.717, 1.165) is 9.80 Å². The van der Waals surface area contributed by atoms with Gasteiger partial charge >= 0.3 is 5.97 Å². The van der Waals surface area contributed by atoms with Gasteiger partial charge in [-0.1, -0.05) is 84.0 Å². The molecule has 2 bridgehead atoms. The molecule has 2 aromatic rings. The third-order valence-electron chi connectivity index (χ3n) is 12.7. The Morgan fingerprint density at radius 1 is 0.775 bits per heavy atom. The zero-order chi connectivity index (χ0) is 53.0. The molecule has 9 N–H and O–H groups in total. The highest BCUT2D eigenvalue weighted by atomic mass is 16.5. The number of esters is 1. The predicted octanol–water partition coefficient (Wildman–Crippen LogP) is 0.00980. The van der Waals surface area contributed by atoms with Gasteiger partial charge in [0.15, 0.2) is 0 Å². The van der Waals surface area contributed by atoms with Gasteiger partial charge in [-0.2, -0.15) is 0 Å². The first-order chi connectivity index (χ1) is 33.3. The molecule has 2 aliphatic rings. The van der Waals surface area contributed by atoms with Crippen molar-refractivity contribution in [2.24, 2.45) is 23.5 Å². The number of likely N-dealkylation sites (N-methyl/N-ethyl adjacent to an activating group) is 2. The summed E-state index contributed by atoms with van der Waals surface area (Å²) in [5.74, 6) is -9.56. The Morgan fingerprint density at radius 3 is 1.97 bits per heavy atom. The number of aromatic hydroxyl groups is 1. The van der Waals surface area contributed by atoms with Gasteiger partial charge in [0.25, 0.3) is 0 Å². The maximum Gasteiger partial charge on any atom is 0.329 e. The number of carbonyl (C=O) groups excluding carboxylic acids is 9. The molecule has 2 saturated heterocycles. The molecule has 2 heterocycles. The number of primary amides is 1. The number of benzene rings is 2. The number of phenols is 1. The Bertz CT molecular complexity index is 2230. The molecule has 2 aromatic carbocycles. The van der Waals surface area contributed by atoms with Crippen LogP contribution in [0.4, 0.5) is 0 Å². The van der Waals surface area contributed by atoms with E-state index in [0.29, 0.717) is 11.1 Å². The summed E-state index contributed by atoms with van der Waals surface area (Å²) in [6.45, 7) is 11.7. The summed E-state index contributed by atoms with van der Waals surface area (Å²) < 4.78 is 5.87. The quantitative estimate of drug-likeness (QED) is 0.109. The first-order valence-corrected chi connectivity index (χ1v) is 24.0. The number of piperidine rings is 1. The number of rotatable bonds is 15. The summed E-state index contributed by atoms with van der Waals surface area (Å²) in [5, 5.41) is 42.0. The predicted molar refractivity (Wildman–Crippen MR) is 258 cm³/mol. The zero-order valence-corrected chi connectivity index (χ0v) is 42.0. The topological polar surface area (TPSA) is 307 Å². The Morgan fingerprint density at radius 2 is 1.39 bits per heavy atom. The molecule has 1 unspecified atom stereocenters. The highest BCUT2D eigenvalue weighted by Crippen LogP contribution is 2.28. The fourth-order valence-corrected chi connectivity index (χ4v) is 8.72. The van der Waals surface area contributed by atoms with Crippen LogP contribution < -0.4 is 27.0 Å². The highest BCUT2D eigenvalue weighted by molar-refractivity contribution is 5.99. The van der Waals surface area contributed by atoms with Crippen LogP contribution in [0, 0.1) is 17.8 Å². The minimum absolute atomic E-state index is 0.000210. The number of amides is 8. The monoisotopic (exact) mass is 993 g/mol. The fourth-order valence-electron chi connectivity index (χ4n) is 8.72. The minimum Gasteiger partial charge on any atom is -0.508 e. The zero-order valence-electron chi connectivity index (χ0n) is 42.0. The average molecular weight is 993 g/mol. The molecule has 4 rings (SSSR count). The number of aliphatic hydroxyl groups excluding tert-OH is 2. The van der Waals surface area contributed by atoms with E-state index in [4.69, 9.17) is 10.5 Å². The number of fused-ring (bicyclic) bond motifs is 2. The van der Waals surface area contributed by atoms with Crippen molar-refractivity contribution in [2.75, 3.05) is 14.1 Å². The third kappa shape index (κ3) is 15.4. The van der Waals surface area contributed by atoms with Crippen LogP contribution >= 0.6 is 0 Å². The van der Waals surface area contributed by atoms with E-state index in [-0.39, 0.29) is 56.1 Å². The van der Waals surface area contributed by atoms with Gasteiger partial charge in [-0.15, -0.1) is 0 Å². The lowest BCUT2D eigenvalue weighted by Crippen LogP contribution is -2.65. The second-order valence-corrected chi connectivity index (χ2v) is 19.7. The number of nitrogens with one attached hydrogen (secondary N) is 4. The van der Waals surface area contributed by atoms with E-state index in [9.17, 15) is 58.5 Å². The van der Waals surface area contributed by atoms with Crippen molar-refractivity contribution in [2.45, 2.75) is 154 Å². The Balaban J connectivity index is 1.83. The average Bonchev–Trinajstić information content (AvgIpc) is 3.29. The van der Waals surface area contributed by atoms with Crippen LogP contribution in [0.25, 0.3) is 0 Å². The van der Waals surface area contributed by atoms with Gasteiger partial charge in [-0.3, -0.25) is 38.4 Å². The summed E-state index contributed by atoms with van der Waals surface area (Å²) in [6, 6.07) is 4.12. The van der Waals surface area contributed by atoms with Crippen LogP contribution in [-0.2, 0) is 60.7 Å². The lowest BCUT2D eigenvalue weighted by molar-refractivity contribution is -0.170. The smallest absolute Gasteiger partial charge is 0.329 e. The van der Waals surface area contributed by atoms with E-state index in [1.807, 2.05) is 13.8 Å². The molecule has 0 aromatic heterocycles. The molecular formula is C50H72N8O13. The van der Waals surface area contributed by atoms with E-state index >= 15 is 0 Å². The Labute approximate surface area is 414 Å². The minimum atomic E-state index is -1.87. The third-order valence-corrected chi connectivity index (χ3v) is 12.7. The van der Waals surface area contributed by atoms with Crippen LogP contribution in [0.1, 0.15) is 91.7 Å². The van der Waals surface area contributed by atoms with Crippen LogP contribution in [0.3, 0.4) is 0 Å². The van der Waals surface area contributed by atoms with E-state index in [2.05, 4.69) is 21.3 Å². The first-order valence-electron chi connectivity index (χ1n) is 24.0. The van der Waals surface area contributed by atoms with Crippen molar-refractivity contribution in [3.8, 4) is 5.75 Å². The molecule has 0 saturated carbocycles. The SMILES string of the molecule is CC(C)C[C@@H]1NC(=O)[C@@H](NC(=O)[C@H](CC(N)=O)NC(=O)[C@H](O)Cc2ccc(O)cc2)[C@@H](C)OC(=O)[C@H](C(C)C)NC(=O)[C@H](Cc2ccccc2)N(C)C(=O)[C@@H](CC(C)C)N2C(=O)C(CC[C@H]2O)N(C)C1=O. The van der Waals surface area contributed by atoms with Gasteiger partial charge in [0.1, 0.15) is 66.5 Å². The van der Waals surface area contributed by atoms with Gasteiger partial charge in [0, 0.05) is 26.9 Å². The van der Waals surface area contributed by atoms with Gasteiger partial charge in [0.05, 0.1) is 6.42 Å². The molecule has 0 radical (unpaired) electrons. The van der Waals surface area contributed by atoms with Crippen molar-refractivity contribution in [1.82, 2.24) is 36.0 Å². The molecule has 21 nitrogen and oxygen atoms in total. The van der Waals surface area contributed by atoms with Crippen molar-refractivity contribution >= 4 is 53.2 Å². The fraction of sp³-hybridized carbons (Fsp3) is 0.580. The molecule has 390 valence electrons.